The van der Waals surface area contributed by atoms with Gasteiger partial charge in [-0.15, -0.1) is 0 Å². The summed E-state index contributed by atoms with van der Waals surface area (Å²) in [5.74, 6) is -0.0409. The van der Waals surface area contributed by atoms with E-state index in [2.05, 4.69) is 5.32 Å². The molecule has 0 aromatic heterocycles. The maximum atomic E-state index is 11.2. The van der Waals surface area contributed by atoms with E-state index < -0.39 is 0 Å². The minimum atomic E-state index is -0.0409. The van der Waals surface area contributed by atoms with Crippen molar-refractivity contribution in [2.45, 2.75) is 19.4 Å². The van der Waals surface area contributed by atoms with Gasteiger partial charge in [0, 0.05) is 25.3 Å². The van der Waals surface area contributed by atoms with E-state index in [0.717, 1.165) is 5.56 Å². The fraction of sp³-hybridized carbons (Fsp3) is 0.364. The zero-order valence-electron chi connectivity index (χ0n) is 8.57. The molecule has 0 aliphatic carbocycles. The van der Waals surface area contributed by atoms with Crippen molar-refractivity contribution in [2.24, 2.45) is 0 Å². The average molecular weight is 208 g/mol. The Hall–Kier alpha value is -1.55. The quantitative estimate of drug-likeness (QED) is 0.622. The molecule has 0 heterocycles. The number of nitrogens with two attached hydrogens (primary N) is 1. The summed E-state index contributed by atoms with van der Waals surface area (Å²) in [6.07, 6.45) is 0.874. The number of nitrogens with one attached hydrogen (secondary N) is 1. The van der Waals surface area contributed by atoms with Crippen LogP contribution in [0.1, 0.15) is 18.4 Å². The third-order valence-electron chi connectivity index (χ3n) is 2.03. The Balaban J connectivity index is 2.30. The van der Waals surface area contributed by atoms with Crippen LogP contribution in [0.3, 0.4) is 0 Å². The van der Waals surface area contributed by atoms with Crippen molar-refractivity contribution >= 4 is 11.6 Å². The smallest absolute Gasteiger partial charge is 0.220 e. The molecule has 0 saturated carbocycles. The van der Waals surface area contributed by atoms with Crippen LogP contribution in [0.4, 0.5) is 5.69 Å². The topological polar surface area (TPSA) is 75.3 Å². The van der Waals surface area contributed by atoms with Gasteiger partial charge in [0.05, 0.1) is 0 Å². The van der Waals surface area contributed by atoms with Crippen LogP contribution in [0.5, 0.6) is 0 Å². The summed E-state index contributed by atoms with van der Waals surface area (Å²) >= 11 is 0. The molecule has 0 atom stereocenters. The Morgan fingerprint density at radius 3 is 2.60 bits per heavy atom. The zero-order chi connectivity index (χ0) is 11.1. The Morgan fingerprint density at radius 2 is 2.00 bits per heavy atom. The molecule has 0 radical (unpaired) electrons. The first-order valence-electron chi connectivity index (χ1n) is 4.94. The minimum Gasteiger partial charge on any atom is -0.399 e. The van der Waals surface area contributed by atoms with Crippen molar-refractivity contribution in [3.8, 4) is 0 Å². The summed E-state index contributed by atoms with van der Waals surface area (Å²) in [6.45, 7) is 0.555. The van der Waals surface area contributed by atoms with Gasteiger partial charge in [-0.25, -0.2) is 0 Å². The average Bonchev–Trinajstić information content (AvgIpc) is 2.25. The molecule has 82 valence electrons. The number of carbonyl (C=O) groups excluding carboxylic acids is 1. The maximum Gasteiger partial charge on any atom is 0.220 e. The molecule has 0 spiro atoms. The highest BCUT2D eigenvalue weighted by molar-refractivity contribution is 5.75. The van der Waals surface area contributed by atoms with Gasteiger partial charge in [0.2, 0.25) is 5.91 Å². The highest BCUT2D eigenvalue weighted by Crippen LogP contribution is 2.04. The van der Waals surface area contributed by atoms with Gasteiger partial charge < -0.3 is 16.2 Å². The first-order chi connectivity index (χ1) is 7.22. The number of hydrogen-bond donors (Lipinski definition) is 3. The van der Waals surface area contributed by atoms with Gasteiger partial charge in [-0.3, -0.25) is 4.79 Å². The molecule has 0 unspecified atom stereocenters. The van der Waals surface area contributed by atoms with Crippen LogP contribution in [0.15, 0.2) is 24.3 Å². The normalized spacial score (nSPS) is 9.93. The molecule has 0 saturated heterocycles. The summed E-state index contributed by atoms with van der Waals surface area (Å²) in [5.41, 5.74) is 7.26. The second-order valence-electron chi connectivity index (χ2n) is 3.35. The standard InChI is InChI=1S/C11H16N2O2/c12-10-5-3-9(4-6-10)8-13-11(15)2-1-7-14/h3-6,14H,1-2,7-8,12H2,(H,13,15). The molecule has 0 aliphatic rings. The van der Waals surface area contributed by atoms with Crippen LogP contribution in [0.25, 0.3) is 0 Å². The van der Waals surface area contributed by atoms with E-state index in [0.29, 0.717) is 25.1 Å². The number of nitrogen functional groups attached to an aromatic ring is 1. The highest BCUT2D eigenvalue weighted by Gasteiger charge is 2.00. The summed E-state index contributed by atoms with van der Waals surface area (Å²) in [4.78, 5) is 11.2. The fourth-order valence-electron chi connectivity index (χ4n) is 1.16. The third kappa shape index (κ3) is 4.46. The van der Waals surface area contributed by atoms with Crippen LogP contribution in [-0.4, -0.2) is 17.6 Å². The van der Waals surface area contributed by atoms with Gasteiger partial charge in [-0.2, -0.15) is 0 Å². The molecular weight excluding hydrogens is 192 g/mol. The molecule has 0 fully saturated rings. The van der Waals surface area contributed by atoms with Crippen LogP contribution < -0.4 is 11.1 Å². The molecule has 1 rings (SSSR count). The van der Waals surface area contributed by atoms with Gasteiger partial charge in [0.25, 0.3) is 0 Å². The van der Waals surface area contributed by atoms with Gasteiger partial charge >= 0.3 is 0 Å². The van der Waals surface area contributed by atoms with Crippen LogP contribution in [0, 0.1) is 0 Å². The molecule has 4 nitrogen and oxygen atoms in total. The molecule has 1 aromatic carbocycles. The van der Waals surface area contributed by atoms with E-state index in [1.54, 1.807) is 12.1 Å². The number of aliphatic hydroxyl groups is 1. The summed E-state index contributed by atoms with van der Waals surface area (Å²) < 4.78 is 0. The van der Waals surface area contributed by atoms with Gasteiger partial charge in [-0.1, -0.05) is 12.1 Å². The van der Waals surface area contributed by atoms with Crippen LogP contribution >= 0.6 is 0 Å². The lowest BCUT2D eigenvalue weighted by atomic mass is 10.2. The Bertz CT molecular complexity index is 309. The first-order valence-corrected chi connectivity index (χ1v) is 4.94. The number of aliphatic hydroxyl groups excluding tert-OH is 1. The fourth-order valence-corrected chi connectivity index (χ4v) is 1.16. The number of hydrogen-bond acceptors (Lipinski definition) is 3. The Morgan fingerprint density at radius 1 is 1.33 bits per heavy atom. The van der Waals surface area contributed by atoms with Crippen molar-refractivity contribution in [1.29, 1.82) is 0 Å². The molecule has 15 heavy (non-hydrogen) atoms. The van der Waals surface area contributed by atoms with Crippen molar-refractivity contribution in [1.82, 2.24) is 5.32 Å². The summed E-state index contributed by atoms with van der Waals surface area (Å²) in [7, 11) is 0. The van der Waals surface area contributed by atoms with E-state index in [-0.39, 0.29) is 12.5 Å². The number of anilines is 1. The van der Waals surface area contributed by atoms with Gasteiger partial charge in [0.15, 0.2) is 0 Å². The zero-order valence-corrected chi connectivity index (χ0v) is 8.57. The largest absolute Gasteiger partial charge is 0.399 e. The van der Waals surface area contributed by atoms with E-state index >= 15 is 0 Å². The lowest BCUT2D eigenvalue weighted by Crippen LogP contribution is -2.22. The second-order valence-corrected chi connectivity index (χ2v) is 3.35. The second kappa shape index (κ2) is 6.03. The Kier molecular flexibility index (Phi) is 4.63. The van der Waals surface area contributed by atoms with Crippen LogP contribution in [-0.2, 0) is 11.3 Å². The van der Waals surface area contributed by atoms with E-state index in [1.807, 2.05) is 12.1 Å². The highest BCUT2D eigenvalue weighted by atomic mass is 16.3. The summed E-state index contributed by atoms with van der Waals surface area (Å²) in [5, 5.41) is 11.3. The monoisotopic (exact) mass is 208 g/mol. The van der Waals surface area contributed by atoms with Crippen molar-refractivity contribution in [3.05, 3.63) is 29.8 Å². The molecule has 1 aromatic rings. The molecule has 4 N–H and O–H groups in total. The number of benzene rings is 1. The summed E-state index contributed by atoms with van der Waals surface area (Å²) in [6, 6.07) is 7.35. The number of carbonyl (C=O) groups is 1. The van der Waals surface area contributed by atoms with Crippen molar-refractivity contribution in [2.75, 3.05) is 12.3 Å². The van der Waals surface area contributed by atoms with Gasteiger partial charge in [0.1, 0.15) is 0 Å². The predicted octanol–water partition coefficient (Wildman–Crippen LogP) is 0.657. The minimum absolute atomic E-state index is 0.0409. The molecule has 4 heteroatoms. The van der Waals surface area contributed by atoms with Crippen molar-refractivity contribution < 1.29 is 9.90 Å². The van der Waals surface area contributed by atoms with E-state index in [9.17, 15) is 4.79 Å². The Labute approximate surface area is 89.1 Å². The lowest BCUT2D eigenvalue weighted by Gasteiger charge is -2.04. The lowest BCUT2D eigenvalue weighted by molar-refractivity contribution is -0.121. The molecule has 1 amide bonds. The first kappa shape index (κ1) is 11.5. The van der Waals surface area contributed by atoms with Crippen molar-refractivity contribution in [3.63, 3.8) is 0 Å². The van der Waals surface area contributed by atoms with E-state index in [4.69, 9.17) is 10.8 Å². The van der Waals surface area contributed by atoms with E-state index in [1.165, 1.54) is 0 Å². The number of amides is 1. The molecule has 0 aliphatic heterocycles. The molecular formula is C11H16N2O2. The maximum absolute atomic E-state index is 11.2. The predicted molar refractivity (Wildman–Crippen MR) is 59.0 cm³/mol. The molecule has 0 bridgehead atoms. The van der Waals surface area contributed by atoms with Crippen LogP contribution in [0.2, 0.25) is 0 Å². The van der Waals surface area contributed by atoms with Gasteiger partial charge in [-0.05, 0) is 24.1 Å². The number of rotatable bonds is 5. The SMILES string of the molecule is Nc1ccc(CNC(=O)CCCO)cc1. The third-order valence-corrected chi connectivity index (χ3v) is 2.03.